The molecule has 0 aromatic heterocycles. The number of hydrogen-bond acceptors (Lipinski definition) is 3. The summed E-state index contributed by atoms with van der Waals surface area (Å²) in [6.07, 6.45) is 0. The average molecular weight is 280 g/mol. The molecule has 0 fully saturated rings. The second-order valence-corrected chi connectivity index (χ2v) is 4.58. The summed E-state index contributed by atoms with van der Waals surface area (Å²) in [6.45, 7) is 0.759. The number of ether oxygens (including phenoxy) is 2. The predicted molar refractivity (Wildman–Crippen MR) is 71.3 cm³/mol. The van der Waals surface area contributed by atoms with E-state index >= 15 is 0 Å². The van der Waals surface area contributed by atoms with Crippen molar-refractivity contribution >= 4 is 17.3 Å². The summed E-state index contributed by atoms with van der Waals surface area (Å²) >= 11 is 5.64. The molecular formula is C14H11ClFNO2. The van der Waals surface area contributed by atoms with Crippen LogP contribution in [0.5, 0.6) is 11.5 Å². The molecule has 3 rings (SSSR count). The van der Waals surface area contributed by atoms with Gasteiger partial charge in [0.15, 0.2) is 11.5 Å². The van der Waals surface area contributed by atoms with Gasteiger partial charge in [-0.2, -0.15) is 0 Å². The summed E-state index contributed by atoms with van der Waals surface area (Å²) in [7, 11) is 0. The Hall–Kier alpha value is -1.94. The molecule has 0 saturated heterocycles. The molecule has 0 atom stereocenters. The maximum atomic E-state index is 13.3. The third-order valence-corrected chi connectivity index (χ3v) is 3.16. The first-order valence-corrected chi connectivity index (χ1v) is 6.17. The van der Waals surface area contributed by atoms with Crippen molar-refractivity contribution < 1.29 is 13.9 Å². The normalized spacial score (nSPS) is 12.5. The van der Waals surface area contributed by atoms with E-state index in [0.29, 0.717) is 12.3 Å². The van der Waals surface area contributed by atoms with Gasteiger partial charge in [0.2, 0.25) is 6.79 Å². The Morgan fingerprint density at radius 2 is 1.95 bits per heavy atom. The first-order valence-electron chi connectivity index (χ1n) is 5.80. The number of rotatable bonds is 3. The van der Waals surface area contributed by atoms with E-state index in [1.54, 1.807) is 12.1 Å². The fourth-order valence-electron chi connectivity index (χ4n) is 1.86. The molecule has 0 radical (unpaired) electrons. The Morgan fingerprint density at radius 1 is 1.11 bits per heavy atom. The van der Waals surface area contributed by atoms with Gasteiger partial charge in [0, 0.05) is 18.3 Å². The lowest BCUT2D eigenvalue weighted by molar-refractivity contribution is 0.174. The molecule has 19 heavy (non-hydrogen) atoms. The van der Waals surface area contributed by atoms with Crippen molar-refractivity contribution in [2.24, 2.45) is 0 Å². The Morgan fingerprint density at radius 3 is 2.79 bits per heavy atom. The number of nitrogens with one attached hydrogen (secondary N) is 1. The lowest BCUT2D eigenvalue weighted by Gasteiger charge is -2.08. The summed E-state index contributed by atoms with van der Waals surface area (Å²) in [5, 5.41) is 3.32. The van der Waals surface area contributed by atoms with E-state index in [-0.39, 0.29) is 11.8 Å². The Balaban J connectivity index is 1.70. The molecule has 0 aliphatic carbocycles. The molecule has 0 saturated carbocycles. The first kappa shape index (κ1) is 12.1. The third kappa shape index (κ3) is 2.58. The second-order valence-electron chi connectivity index (χ2n) is 4.17. The third-order valence-electron chi connectivity index (χ3n) is 2.85. The molecule has 98 valence electrons. The average Bonchev–Trinajstić information content (AvgIpc) is 2.87. The number of anilines is 1. The van der Waals surface area contributed by atoms with Crippen LogP contribution in [0.25, 0.3) is 0 Å². The predicted octanol–water partition coefficient (Wildman–Crippen LogP) is 3.82. The van der Waals surface area contributed by atoms with E-state index in [1.807, 2.05) is 18.2 Å². The summed E-state index contributed by atoms with van der Waals surface area (Å²) < 4.78 is 23.8. The van der Waals surface area contributed by atoms with E-state index in [4.69, 9.17) is 21.1 Å². The van der Waals surface area contributed by atoms with Gasteiger partial charge in [-0.05, 0) is 29.8 Å². The minimum atomic E-state index is -0.411. The number of fused-ring (bicyclic) bond motifs is 1. The van der Waals surface area contributed by atoms with E-state index in [1.165, 1.54) is 6.07 Å². The minimum Gasteiger partial charge on any atom is -0.454 e. The highest BCUT2D eigenvalue weighted by Crippen LogP contribution is 2.34. The Labute approximate surface area is 114 Å². The zero-order valence-electron chi connectivity index (χ0n) is 9.95. The van der Waals surface area contributed by atoms with Crippen LogP contribution in [0.1, 0.15) is 5.56 Å². The lowest BCUT2D eigenvalue weighted by atomic mass is 10.2. The molecule has 1 aliphatic rings. The van der Waals surface area contributed by atoms with Gasteiger partial charge in [0.1, 0.15) is 5.82 Å². The van der Waals surface area contributed by atoms with Gasteiger partial charge in [-0.25, -0.2) is 4.39 Å². The summed E-state index contributed by atoms with van der Waals surface area (Å²) in [5.74, 6) is 1.04. The second kappa shape index (κ2) is 4.97. The van der Waals surface area contributed by atoms with E-state index in [2.05, 4.69) is 5.32 Å². The van der Waals surface area contributed by atoms with Crippen LogP contribution in [0.3, 0.4) is 0 Å². The largest absolute Gasteiger partial charge is 0.454 e. The molecular weight excluding hydrogens is 269 g/mol. The molecule has 0 bridgehead atoms. The van der Waals surface area contributed by atoms with E-state index in [9.17, 15) is 4.39 Å². The van der Waals surface area contributed by atoms with Gasteiger partial charge in [-0.3, -0.25) is 0 Å². The van der Waals surface area contributed by atoms with Crippen LogP contribution in [-0.4, -0.2) is 6.79 Å². The monoisotopic (exact) mass is 279 g/mol. The summed E-state index contributed by atoms with van der Waals surface area (Å²) in [5.41, 5.74) is 1.71. The van der Waals surface area contributed by atoms with Crippen LogP contribution in [0.15, 0.2) is 36.4 Å². The minimum absolute atomic E-state index is 0.131. The highest BCUT2D eigenvalue weighted by atomic mass is 35.5. The van der Waals surface area contributed by atoms with Crippen molar-refractivity contribution in [2.75, 3.05) is 12.1 Å². The van der Waals surface area contributed by atoms with Crippen molar-refractivity contribution in [1.82, 2.24) is 0 Å². The fourth-order valence-corrected chi connectivity index (χ4v) is 1.98. The fraction of sp³-hybridized carbons (Fsp3) is 0.143. The SMILES string of the molecule is Fc1cc(CNc2ccc3c(c2)OCO3)ccc1Cl. The lowest BCUT2D eigenvalue weighted by Crippen LogP contribution is -1.99. The maximum absolute atomic E-state index is 13.3. The zero-order valence-corrected chi connectivity index (χ0v) is 10.7. The molecule has 1 aliphatic heterocycles. The highest BCUT2D eigenvalue weighted by molar-refractivity contribution is 6.30. The first-order chi connectivity index (χ1) is 9.22. The van der Waals surface area contributed by atoms with Crippen molar-refractivity contribution in [3.63, 3.8) is 0 Å². The zero-order chi connectivity index (χ0) is 13.2. The van der Waals surface area contributed by atoms with Gasteiger partial charge in [0.05, 0.1) is 5.02 Å². The van der Waals surface area contributed by atoms with Crippen molar-refractivity contribution in [2.45, 2.75) is 6.54 Å². The number of hydrogen-bond donors (Lipinski definition) is 1. The van der Waals surface area contributed by atoms with Crippen LogP contribution in [0.4, 0.5) is 10.1 Å². The van der Waals surface area contributed by atoms with Crippen LogP contribution in [-0.2, 0) is 6.54 Å². The molecule has 2 aromatic rings. The van der Waals surface area contributed by atoms with Crippen LogP contribution in [0, 0.1) is 5.82 Å². The quantitative estimate of drug-likeness (QED) is 0.926. The molecule has 0 unspecified atom stereocenters. The molecule has 1 heterocycles. The van der Waals surface area contributed by atoms with Gasteiger partial charge < -0.3 is 14.8 Å². The molecule has 3 nitrogen and oxygen atoms in total. The molecule has 1 N–H and O–H groups in total. The van der Waals surface area contributed by atoms with Crippen LogP contribution < -0.4 is 14.8 Å². The Bertz CT molecular complexity index is 618. The highest BCUT2D eigenvalue weighted by Gasteiger charge is 2.12. The molecule has 0 spiro atoms. The topological polar surface area (TPSA) is 30.5 Å². The Kier molecular flexibility index (Phi) is 3.17. The van der Waals surface area contributed by atoms with Gasteiger partial charge in [-0.1, -0.05) is 17.7 Å². The number of halogens is 2. The number of benzene rings is 2. The maximum Gasteiger partial charge on any atom is 0.231 e. The van der Waals surface area contributed by atoms with Gasteiger partial charge >= 0.3 is 0 Å². The van der Waals surface area contributed by atoms with E-state index in [0.717, 1.165) is 17.0 Å². The van der Waals surface area contributed by atoms with Crippen molar-refractivity contribution in [3.8, 4) is 11.5 Å². The van der Waals surface area contributed by atoms with Crippen LogP contribution in [0.2, 0.25) is 5.02 Å². The molecule has 0 amide bonds. The van der Waals surface area contributed by atoms with Gasteiger partial charge in [-0.15, -0.1) is 0 Å². The standard InChI is InChI=1S/C14H11ClFNO2/c15-11-3-1-9(5-12(11)16)7-17-10-2-4-13-14(6-10)19-8-18-13/h1-6,17H,7-8H2. The van der Waals surface area contributed by atoms with Crippen LogP contribution >= 0.6 is 11.6 Å². The smallest absolute Gasteiger partial charge is 0.231 e. The summed E-state index contributed by atoms with van der Waals surface area (Å²) in [4.78, 5) is 0. The molecule has 2 aromatic carbocycles. The molecule has 5 heteroatoms. The van der Waals surface area contributed by atoms with E-state index < -0.39 is 5.82 Å². The van der Waals surface area contributed by atoms with Crippen molar-refractivity contribution in [1.29, 1.82) is 0 Å². The summed E-state index contributed by atoms with van der Waals surface area (Å²) in [6, 6.07) is 10.3. The van der Waals surface area contributed by atoms with Gasteiger partial charge in [0.25, 0.3) is 0 Å². The van der Waals surface area contributed by atoms with Crippen molar-refractivity contribution in [3.05, 3.63) is 52.8 Å².